The second kappa shape index (κ2) is 9.18. The Morgan fingerprint density at radius 2 is 1.94 bits per heavy atom. The lowest BCUT2D eigenvalue weighted by atomic mass is 9.84. The Morgan fingerprint density at radius 1 is 1.17 bits per heavy atom. The summed E-state index contributed by atoms with van der Waals surface area (Å²) in [5.74, 6) is -0.568. The molecule has 0 radical (unpaired) electrons. The second-order valence-electron chi connectivity index (χ2n) is 9.63. The molecule has 2 aromatic carbocycles. The summed E-state index contributed by atoms with van der Waals surface area (Å²) in [6.07, 6.45) is 2.13. The van der Waals surface area contributed by atoms with E-state index >= 15 is 0 Å². The van der Waals surface area contributed by atoms with Gasteiger partial charge in [-0.25, -0.2) is 4.79 Å². The number of rotatable bonds is 6. The maximum Gasteiger partial charge on any atom is 0.343 e. The molecule has 0 unspecified atom stereocenters. The average Bonchev–Trinajstić information content (AvgIpc) is 3.32. The molecule has 8 nitrogen and oxygen atoms in total. The third-order valence-corrected chi connectivity index (χ3v) is 6.66. The summed E-state index contributed by atoms with van der Waals surface area (Å²) in [6, 6.07) is 13.5. The largest absolute Gasteiger partial charge is 0.482 e. The third-order valence-electron chi connectivity index (χ3n) is 6.66. The molecule has 0 saturated carbocycles. The fourth-order valence-electron chi connectivity index (χ4n) is 5.15. The number of methoxy groups -OCH3 is 1. The standard InChI is InChI=1S/C28H29N3O5/c1-16(2)12-30-13-20-25(18-7-5-8-19(11-18)36-15-24(33)35-4)27-22(14-31(17(3)32)28(27)34)29-21-9-6-10-23(30)26(20)21/h5-11,13,16,25,29H,12,14-15H2,1-4H3/t25-/m0/s1. The van der Waals surface area contributed by atoms with E-state index in [1.165, 1.54) is 18.9 Å². The highest BCUT2D eigenvalue weighted by atomic mass is 16.6. The van der Waals surface area contributed by atoms with E-state index in [1.54, 1.807) is 6.07 Å². The molecular weight excluding hydrogens is 458 g/mol. The first kappa shape index (κ1) is 23.7. The predicted octanol–water partition coefficient (Wildman–Crippen LogP) is 4.05. The quantitative estimate of drug-likeness (QED) is 0.528. The van der Waals surface area contributed by atoms with Crippen molar-refractivity contribution in [2.75, 3.05) is 25.6 Å². The lowest BCUT2D eigenvalue weighted by molar-refractivity contribution is -0.143. The molecule has 3 aromatic rings. The van der Waals surface area contributed by atoms with Gasteiger partial charge in [-0.05, 0) is 41.3 Å². The Labute approximate surface area is 209 Å². The number of aromatic nitrogens is 1. The summed E-state index contributed by atoms with van der Waals surface area (Å²) in [4.78, 5) is 38.8. The molecule has 0 saturated heterocycles. The number of benzene rings is 2. The number of amides is 2. The molecule has 5 rings (SSSR count). The van der Waals surface area contributed by atoms with Gasteiger partial charge in [-0.3, -0.25) is 14.5 Å². The molecule has 2 aliphatic heterocycles. The lowest BCUT2D eigenvalue weighted by Gasteiger charge is -2.20. The first-order valence-electron chi connectivity index (χ1n) is 12.0. The van der Waals surface area contributed by atoms with Crippen LogP contribution in [0.3, 0.4) is 0 Å². The Kier molecular flexibility index (Phi) is 6.04. The van der Waals surface area contributed by atoms with Crippen molar-refractivity contribution in [3.8, 4) is 5.75 Å². The SMILES string of the molecule is COC(=O)COc1cccc([C@@H]2C3=C(CN(C(C)=O)C3=O)Nc3cccc4c3c2cn4CC(C)C)c1. The number of ether oxygens (including phenoxy) is 2. The van der Waals surface area contributed by atoms with E-state index in [0.29, 0.717) is 17.2 Å². The zero-order valence-electron chi connectivity index (χ0n) is 20.8. The van der Waals surface area contributed by atoms with Gasteiger partial charge in [0.1, 0.15) is 5.75 Å². The fraction of sp³-hybridized carbons (Fsp3) is 0.321. The van der Waals surface area contributed by atoms with Crippen LogP contribution in [0.25, 0.3) is 10.9 Å². The van der Waals surface area contributed by atoms with Gasteiger partial charge >= 0.3 is 5.97 Å². The molecule has 0 fully saturated rings. The van der Waals surface area contributed by atoms with Gasteiger partial charge in [-0.1, -0.05) is 32.0 Å². The van der Waals surface area contributed by atoms with E-state index < -0.39 is 11.9 Å². The van der Waals surface area contributed by atoms with Gasteiger partial charge in [-0.15, -0.1) is 0 Å². The van der Waals surface area contributed by atoms with Gasteiger partial charge < -0.3 is 19.4 Å². The first-order chi connectivity index (χ1) is 17.3. The van der Waals surface area contributed by atoms with Crippen LogP contribution in [0.1, 0.15) is 37.8 Å². The van der Waals surface area contributed by atoms with E-state index in [0.717, 1.165) is 40.0 Å². The molecule has 1 N–H and O–H groups in total. The van der Waals surface area contributed by atoms with Gasteiger partial charge in [-0.2, -0.15) is 0 Å². The van der Waals surface area contributed by atoms with Crippen LogP contribution in [0.2, 0.25) is 0 Å². The summed E-state index contributed by atoms with van der Waals surface area (Å²) in [7, 11) is 1.31. The van der Waals surface area contributed by atoms with Gasteiger partial charge in [0.05, 0.1) is 24.7 Å². The smallest absolute Gasteiger partial charge is 0.343 e. The number of hydrogen-bond donors (Lipinski definition) is 1. The van der Waals surface area contributed by atoms with Crippen molar-refractivity contribution >= 4 is 34.4 Å². The Balaban J connectivity index is 1.70. The van der Waals surface area contributed by atoms with Crippen LogP contribution in [0.5, 0.6) is 5.75 Å². The Hall–Kier alpha value is -4.07. The molecule has 186 valence electrons. The molecule has 0 aliphatic carbocycles. The fourth-order valence-corrected chi connectivity index (χ4v) is 5.15. The highest BCUT2D eigenvalue weighted by molar-refractivity contribution is 6.11. The summed E-state index contributed by atoms with van der Waals surface area (Å²) in [5.41, 5.74) is 5.10. The molecule has 2 aliphatic rings. The second-order valence-corrected chi connectivity index (χ2v) is 9.63. The number of imide groups is 1. The zero-order valence-corrected chi connectivity index (χ0v) is 20.8. The molecule has 3 heterocycles. The number of nitrogens with one attached hydrogen (secondary N) is 1. The molecule has 2 amide bonds. The third kappa shape index (κ3) is 4.02. The summed E-state index contributed by atoms with van der Waals surface area (Å²) >= 11 is 0. The number of carbonyl (C=O) groups is 3. The molecule has 8 heteroatoms. The van der Waals surface area contributed by atoms with E-state index in [1.807, 2.05) is 30.3 Å². The number of hydrogen-bond acceptors (Lipinski definition) is 6. The van der Waals surface area contributed by atoms with Crippen LogP contribution >= 0.6 is 0 Å². The van der Waals surface area contributed by atoms with E-state index in [9.17, 15) is 14.4 Å². The van der Waals surface area contributed by atoms with Crippen molar-refractivity contribution in [2.45, 2.75) is 33.2 Å². The molecule has 36 heavy (non-hydrogen) atoms. The highest BCUT2D eigenvalue weighted by Crippen LogP contribution is 2.47. The monoisotopic (exact) mass is 487 g/mol. The maximum absolute atomic E-state index is 13.6. The van der Waals surface area contributed by atoms with Crippen LogP contribution in [0.15, 0.2) is 59.9 Å². The van der Waals surface area contributed by atoms with Gasteiger partial charge in [0.25, 0.3) is 5.91 Å². The van der Waals surface area contributed by atoms with Crippen LogP contribution in [-0.2, 0) is 25.7 Å². The molecule has 0 bridgehead atoms. The average molecular weight is 488 g/mol. The van der Waals surface area contributed by atoms with Crippen LogP contribution < -0.4 is 10.1 Å². The van der Waals surface area contributed by atoms with Gasteiger partial charge in [0.15, 0.2) is 6.61 Å². The molecule has 1 aromatic heterocycles. The van der Waals surface area contributed by atoms with E-state index in [-0.39, 0.29) is 25.0 Å². The van der Waals surface area contributed by atoms with Crippen molar-refractivity contribution in [3.05, 3.63) is 71.1 Å². The van der Waals surface area contributed by atoms with Crippen molar-refractivity contribution in [2.24, 2.45) is 5.92 Å². The zero-order chi connectivity index (χ0) is 25.6. The van der Waals surface area contributed by atoms with Crippen LogP contribution in [-0.4, -0.2) is 47.5 Å². The minimum absolute atomic E-state index is 0.200. The minimum atomic E-state index is -0.478. The summed E-state index contributed by atoms with van der Waals surface area (Å²) in [5, 5.41) is 4.54. The topological polar surface area (TPSA) is 89.9 Å². The van der Waals surface area contributed by atoms with Crippen molar-refractivity contribution in [1.29, 1.82) is 0 Å². The number of anilines is 1. The van der Waals surface area contributed by atoms with Crippen LogP contribution in [0, 0.1) is 5.92 Å². The van der Waals surface area contributed by atoms with Gasteiger partial charge in [0, 0.05) is 42.4 Å². The minimum Gasteiger partial charge on any atom is -0.482 e. The van der Waals surface area contributed by atoms with Gasteiger partial charge in [0.2, 0.25) is 5.91 Å². The molecular formula is C28H29N3O5. The van der Waals surface area contributed by atoms with Crippen molar-refractivity contribution < 1.29 is 23.9 Å². The number of carbonyl (C=O) groups excluding carboxylic acids is 3. The maximum atomic E-state index is 13.6. The van der Waals surface area contributed by atoms with E-state index in [2.05, 4.69) is 40.7 Å². The van der Waals surface area contributed by atoms with Crippen molar-refractivity contribution in [3.63, 3.8) is 0 Å². The summed E-state index contributed by atoms with van der Waals surface area (Å²) in [6.45, 7) is 6.57. The molecule has 0 spiro atoms. The normalized spacial score (nSPS) is 16.8. The number of esters is 1. The highest BCUT2D eigenvalue weighted by Gasteiger charge is 2.41. The first-order valence-corrected chi connectivity index (χ1v) is 12.0. The van der Waals surface area contributed by atoms with Crippen LogP contribution in [0.4, 0.5) is 5.69 Å². The lowest BCUT2D eigenvalue weighted by Crippen LogP contribution is -2.33. The van der Waals surface area contributed by atoms with Crippen molar-refractivity contribution in [1.82, 2.24) is 9.47 Å². The Bertz CT molecular complexity index is 1420. The predicted molar refractivity (Wildman–Crippen MR) is 136 cm³/mol. The summed E-state index contributed by atoms with van der Waals surface area (Å²) < 4.78 is 12.6. The molecule has 1 atom stereocenters. The number of nitrogens with zero attached hydrogens (tertiary/aromatic N) is 2. The van der Waals surface area contributed by atoms with E-state index in [4.69, 9.17) is 4.74 Å². The Morgan fingerprint density at radius 3 is 2.67 bits per heavy atom.